The van der Waals surface area contributed by atoms with Crippen molar-refractivity contribution in [2.45, 2.75) is 77.8 Å². The topological polar surface area (TPSA) is 129 Å². The first-order valence-corrected chi connectivity index (χ1v) is 22.9. The zero-order chi connectivity index (χ0) is 45.9. The van der Waals surface area contributed by atoms with Crippen molar-refractivity contribution in [3.63, 3.8) is 0 Å². The molecule has 0 N–H and O–H groups in total. The molecule has 6 aromatic carbocycles. The first-order valence-electron chi connectivity index (χ1n) is 22.9. The van der Waals surface area contributed by atoms with Gasteiger partial charge in [-0.1, -0.05) is 27.7 Å². The third-order valence-corrected chi connectivity index (χ3v) is 14.6. The minimum Gasteiger partial charge on any atom is -0.496 e. The van der Waals surface area contributed by atoms with E-state index in [1.165, 1.54) is 0 Å². The lowest BCUT2D eigenvalue weighted by Gasteiger charge is -2.36. The van der Waals surface area contributed by atoms with Crippen molar-refractivity contribution in [2.24, 2.45) is 0 Å². The summed E-state index contributed by atoms with van der Waals surface area (Å²) < 4.78 is 92.5. The lowest BCUT2D eigenvalue weighted by Crippen LogP contribution is -2.25. The van der Waals surface area contributed by atoms with Gasteiger partial charge in [0.05, 0.1) is 36.5 Å². The molecule has 0 saturated carbocycles. The van der Waals surface area contributed by atoms with Gasteiger partial charge in [-0.2, -0.15) is 0 Å². The molecule has 6 aromatic rings. The van der Waals surface area contributed by atoms with Gasteiger partial charge in [0.1, 0.15) is 107 Å². The zero-order valence-corrected chi connectivity index (χ0v) is 38.5. The van der Waals surface area contributed by atoms with Gasteiger partial charge in [0.15, 0.2) is 0 Å². The second-order valence-corrected chi connectivity index (χ2v) is 18.1. The van der Waals surface area contributed by atoms with Gasteiger partial charge in [0.25, 0.3) is 0 Å². The van der Waals surface area contributed by atoms with Crippen LogP contribution in [0.3, 0.4) is 0 Å². The Labute approximate surface area is 392 Å². The molecule has 8 heterocycles. The van der Waals surface area contributed by atoms with Gasteiger partial charge < -0.3 is 66.3 Å². The molecule has 16 bridgehead atoms. The molecule has 14 rings (SSSR count). The molecule has 68 heavy (non-hydrogen) atoms. The number of hydrogen-bond acceptors (Lipinski definition) is 14. The van der Waals surface area contributed by atoms with E-state index in [1.807, 2.05) is 36.4 Å². The lowest BCUT2D eigenvalue weighted by molar-refractivity contribution is 0.0898. The Bertz CT molecular complexity index is 2710. The molecule has 0 saturated heterocycles. The van der Waals surface area contributed by atoms with Gasteiger partial charge in [-0.15, -0.1) is 0 Å². The number of hydrogen-bond donors (Lipinski definition) is 0. The largest absolute Gasteiger partial charge is 0.496 e. The highest BCUT2D eigenvalue weighted by atomic mass is 16.7. The summed E-state index contributed by atoms with van der Waals surface area (Å²) in [5.74, 6) is 7.01. The Morgan fingerprint density at radius 2 is 0.500 bits per heavy atom. The summed E-state index contributed by atoms with van der Waals surface area (Å²) in [6.45, 7) is 8.57. The highest BCUT2D eigenvalue weighted by Crippen LogP contribution is 2.57. The van der Waals surface area contributed by atoms with Crippen LogP contribution in [0, 0.1) is 0 Å². The molecule has 0 aromatic heterocycles. The van der Waals surface area contributed by atoms with Gasteiger partial charge in [0.2, 0.25) is 27.2 Å². The van der Waals surface area contributed by atoms with E-state index in [4.69, 9.17) is 66.3 Å². The molecule has 14 heteroatoms. The molecule has 8 aliphatic rings. The maximum atomic E-state index is 6.81. The molecule has 0 aliphatic carbocycles. The maximum Gasteiger partial charge on any atom is 0.230 e. The summed E-state index contributed by atoms with van der Waals surface area (Å²) in [7, 11) is 3.24. The fourth-order valence-corrected chi connectivity index (χ4v) is 11.0. The Hall–Kier alpha value is -7.48. The van der Waals surface area contributed by atoms with E-state index in [0.29, 0.717) is 103 Å². The van der Waals surface area contributed by atoms with Gasteiger partial charge in [-0.3, -0.25) is 0 Å². The van der Waals surface area contributed by atoms with Crippen LogP contribution in [0.2, 0.25) is 0 Å². The second kappa shape index (κ2) is 15.5. The standard InChI is InChI=1S/C54H48O14/c1-25-35-13-39-27(3)41-15-37-26(2)38-16-42-28(4)40-14-36(25)48-44-18-58-32-8-29(55-5)7-31(11-32)57-17-43(47(35)61-21-62-48)51(39)65-23-67-53(41)45-19-59-33-9-30(56-6)10-34(12-33)60-20-46(50(38)64-22-63-49(37)45)54(42)68-24-66-52(40)44/h7-16,25-28H,17-24H2,1-6H3. The van der Waals surface area contributed by atoms with Crippen LogP contribution < -0.4 is 66.3 Å². The number of methoxy groups -OCH3 is 2. The van der Waals surface area contributed by atoms with Crippen LogP contribution in [0.25, 0.3) is 0 Å². The Balaban J connectivity index is 1.18. The minimum absolute atomic E-state index is 0.0838. The molecule has 0 spiro atoms. The normalized spacial score (nSPS) is 20.6. The summed E-state index contributed by atoms with van der Waals surface area (Å²) in [4.78, 5) is 0. The average Bonchev–Trinajstić information content (AvgIpc) is 3.33. The quantitative estimate of drug-likeness (QED) is 0.163. The number of fused-ring (bicyclic) bond motifs is 12. The first-order chi connectivity index (χ1) is 33.2. The van der Waals surface area contributed by atoms with Gasteiger partial charge in [0, 0.05) is 105 Å². The van der Waals surface area contributed by atoms with Crippen LogP contribution >= 0.6 is 0 Å². The van der Waals surface area contributed by atoms with E-state index in [0.717, 1.165) is 44.5 Å². The summed E-state index contributed by atoms with van der Waals surface area (Å²) in [5.41, 5.74) is 10.4. The summed E-state index contributed by atoms with van der Waals surface area (Å²) in [6.07, 6.45) is 0. The first kappa shape index (κ1) is 40.8. The van der Waals surface area contributed by atoms with Crippen molar-refractivity contribution < 1.29 is 66.3 Å². The third kappa shape index (κ3) is 6.21. The van der Waals surface area contributed by atoms with E-state index in [1.54, 1.807) is 14.2 Å². The second-order valence-electron chi connectivity index (χ2n) is 18.1. The van der Waals surface area contributed by atoms with Crippen LogP contribution in [0.4, 0.5) is 0 Å². The molecule has 0 amide bonds. The molecule has 0 fully saturated rings. The number of ether oxygens (including phenoxy) is 14. The van der Waals surface area contributed by atoms with Crippen LogP contribution in [0.5, 0.6) is 80.5 Å². The van der Waals surface area contributed by atoms with Crippen LogP contribution in [0.1, 0.15) is 118 Å². The fourth-order valence-electron chi connectivity index (χ4n) is 11.0. The highest BCUT2D eigenvalue weighted by molar-refractivity contribution is 5.69. The van der Waals surface area contributed by atoms with Crippen molar-refractivity contribution >= 4 is 0 Å². The van der Waals surface area contributed by atoms with Gasteiger partial charge in [-0.05, 0) is 24.3 Å². The van der Waals surface area contributed by atoms with E-state index in [2.05, 4.69) is 52.0 Å². The van der Waals surface area contributed by atoms with Gasteiger partial charge >= 0.3 is 0 Å². The Kier molecular flexibility index (Phi) is 9.32. The van der Waals surface area contributed by atoms with E-state index in [-0.39, 0.29) is 77.3 Å². The number of benzene rings is 6. The van der Waals surface area contributed by atoms with Crippen LogP contribution in [0.15, 0.2) is 60.7 Å². The van der Waals surface area contributed by atoms with Crippen molar-refractivity contribution in [2.75, 3.05) is 41.4 Å². The van der Waals surface area contributed by atoms with Crippen molar-refractivity contribution in [1.29, 1.82) is 0 Å². The predicted molar refractivity (Wildman–Crippen MR) is 244 cm³/mol. The Morgan fingerprint density at radius 3 is 0.691 bits per heavy atom. The van der Waals surface area contributed by atoms with E-state index < -0.39 is 0 Å². The monoisotopic (exact) mass is 920 g/mol. The van der Waals surface area contributed by atoms with Crippen LogP contribution in [-0.4, -0.2) is 41.4 Å². The molecular weight excluding hydrogens is 873 g/mol. The minimum atomic E-state index is -0.302. The van der Waals surface area contributed by atoms with Crippen molar-refractivity contribution in [3.05, 3.63) is 127 Å². The lowest BCUT2D eigenvalue weighted by atomic mass is 9.78. The third-order valence-electron chi connectivity index (χ3n) is 14.6. The average molecular weight is 921 g/mol. The van der Waals surface area contributed by atoms with E-state index in [9.17, 15) is 0 Å². The highest BCUT2D eigenvalue weighted by Gasteiger charge is 2.40. The van der Waals surface area contributed by atoms with Crippen LogP contribution in [-0.2, 0) is 26.4 Å². The smallest absolute Gasteiger partial charge is 0.230 e. The molecule has 14 nitrogen and oxygen atoms in total. The Morgan fingerprint density at radius 1 is 0.294 bits per heavy atom. The molecule has 0 radical (unpaired) electrons. The molecule has 0 atom stereocenters. The SMILES string of the molecule is COc1cc2cc(c1)OCc1c3c4cc5c1OCOc1c(cc6c7c1COc1cc(OC)cc(c1)OCc1c(c(cc8c1OCOc1c(cc(c(c1CO2)OCO3)C4C)C8C)C6C)OCO7)C5C. The molecule has 8 aliphatic heterocycles. The predicted octanol–water partition coefficient (Wildman–Crippen LogP) is 10.5. The number of rotatable bonds is 2. The molecule has 0 unspecified atom stereocenters. The summed E-state index contributed by atoms with van der Waals surface area (Å²) >= 11 is 0. The molecular formula is C54H48O14. The zero-order valence-electron chi connectivity index (χ0n) is 38.5. The van der Waals surface area contributed by atoms with E-state index >= 15 is 0 Å². The molecule has 348 valence electrons. The van der Waals surface area contributed by atoms with Crippen molar-refractivity contribution in [3.8, 4) is 80.5 Å². The summed E-state index contributed by atoms with van der Waals surface area (Å²) in [5, 5.41) is 0. The van der Waals surface area contributed by atoms with Crippen molar-refractivity contribution in [1.82, 2.24) is 0 Å². The van der Waals surface area contributed by atoms with Gasteiger partial charge in [-0.25, -0.2) is 0 Å². The fraction of sp³-hybridized carbons (Fsp3) is 0.333. The maximum absolute atomic E-state index is 6.81. The summed E-state index contributed by atoms with van der Waals surface area (Å²) in [6, 6.07) is 20.0.